The van der Waals surface area contributed by atoms with E-state index in [1.165, 1.54) is 18.4 Å². The van der Waals surface area contributed by atoms with Gasteiger partial charge in [-0.15, -0.1) is 0 Å². The molecule has 1 saturated heterocycles. The summed E-state index contributed by atoms with van der Waals surface area (Å²) in [6.07, 6.45) is 2.41. The Labute approximate surface area is 157 Å². The van der Waals surface area contributed by atoms with E-state index in [4.69, 9.17) is 4.74 Å². The number of ether oxygens (including phenoxy) is 1. The van der Waals surface area contributed by atoms with Crippen molar-refractivity contribution in [1.29, 1.82) is 0 Å². The van der Waals surface area contributed by atoms with Crippen molar-refractivity contribution in [3.05, 3.63) is 64.1 Å². The summed E-state index contributed by atoms with van der Waals surface area (Å²) in [5.74, 6) is 0.790. The molecule has 1 fully saturated rings. The Morgan fingerprint density at radius 3 is 2.68 bits per heavy atom. The summed E-state index contributed by atoms with van der Waals surface area (Å²) in [5.41, 5.74) is 1.84. The third-order valence-electron chi connectivity index (χ3n) is 4.63. The standard InChI is InChI=1S/C20H23BrN2O2/c1-25-16-8-6-7-15(13-16)19(23-11-4-5-12-23)14-22-20(24)17-9-2-3-10-18(17)21/h2-3,6-10,13,19H,4-5,11-12,14H2,1H3,(H,22,24). The van der Waals surface area contributed by atoms with Gasteiger partial charge in [0, 0.05) is 11.0 Å². The second-order valence-corrected chi connectivity index (χ2v) is 7.08. The Balaban J connectivity index is 1.76. The zero-order valence-electron chi connectivity index (χ0n) is 14.4. The number of carbonyl (C=O) groups excluding carboxylic acids is 1. The molecule has 25 heavy (non-hydrogen) atoms. The molecule has 1 unspecified atom stereocenters. The summed E-state index contributed by atoms with van der Waals surface area (Å²) in [6.45, 7) is 2.70. The molecule has 0 aliphatic carbocycles. The second-order valence-electron chi connectivity index (χ2n) is 6.23. The first-order chi connectivity index (χ1) is 12.2. The number of likely N-dealkylation sites (tertiary alicyclic amines) is 1. The van der Waals surface area contributed by atoms with Crippen LogP contribution in [0.25, 0.3) is 0 Å². The van der Waals surface area contributed by atoms with Crippen LogP contribution in [0.3, 0.4) is 0 Å². The molecular weight excluding hydrogens is 380 g/mol. The number of hydrogen-bond donors (Lipinski definition) is 1. The average molecular weight is 403 g/mol. The Morgan fingerprint density at radius 1 is 1.20 bits per heavy atom. The van der Waals surface area contributed by atoms with Gasteiger partial charge in [0.05, 0.1) is 18.7 Å². The number of amides is 1. The van der Waals surface area contributed by atoms with Crippen molar-refractivity contribution in [2.45, 2.75) is 18.9 Å². The highest BCUT2D eigenvalue weighted by Gasteiger charge is 2.24. The van der Waals surface area contributed by atoms with Crippen LogP contribution in [0.1, 0.15) is 34.8 Å². The molecule has 0 bridgehead atoms. The van der Waals surface area contributed by atoms with Gasteiger partial charge in [-0.1, -0.05) is 24.3 Å². The van der Waals surface area contributed by atoms with Crippen LogP contribution in [0.5, 0.6) is 5.75 Å². The van der Waals surface area contributed by atoms with Gasteiger partial charge in [-0.2, -0.15) is 0 Å². The molecule has 1 N–H and O–H groups in total. The van der Waals surface area contributed by atoms with Crippen molar-refractivity contribution < 1.29 is 9.53 Å². The molecule has 3 rings (SSSR count). The van der Waals surface area contributed by atoms with Gasteiger partial charge in [-0.25, -0.2) is 0 Å². The molecule has 2 aromatic rings. The molecule has 0 radical (unpaired) electrons. The van der Waals surface area contributed by atoms with E-state index in [9.17, 15) is 4.79 Å². The predicted molar refractivity (Wildman–Crippen MR) is 103 cm³/mol. The molecule has 0 aromatic heterocycles. The van der Waals surface area contributed by atoms with Crippen LogP contribution in [0.15, 0.2) is 53.0 Å². The van der Waals surface area contributed by atoms with E-state index in [1.54, 1.807) is 7.11 Å². The van der Waals surface area contributed by atoms with Crippen LogP contribution < -0.4 is 10.1 Å². The number of halogens is 1. The minimum Gasteiger partial charge on any atom is -0.497 e. The minimum absolute atomic E-state index is 0.0560. The number of hydrogen-bond acceptors (Lipinski definition) is 3. The summed E-state index contributed by atoms with van der Waals surface area (Å²) in [7, 11) is 1.68. The van der Waals surface area contributed by atoms with Gasteiger partial charge in [0.15, 0.2) is 0 Å². The third-order valence-corrected chi connectivity index (χ3v) is 5.33. The predicted octanol–water partition coefficient (Wildman–Crippen LogP) is 4.02. The van der Waals surface area contributed by atoms with E-state index in [0.29, 0.717) is 12.1 Å². The normalized spacial score (nSPS) is 15.8. The van der Waals surface area contributed by atoms with Gasteiger partial charge in [-0.3, -0.25) is 9.69 Å². The van der Waals surface area contributed by atoms with Crippen molar-refractivity contribution in [1.82, 2.24) is 10.2 Å². The topological polar surface area (TPSA) is 41.6 Å². The molecule has 1 aliphatic heterocycles. The molecule has 5 heteroatoms. The molecule has 132 valence electrons. The van der Waals surface area contributed by atoms with Crippen LogP contribution in [-0.4, -0.2) is 37.6 Å². The quantitative estimate of drug-likeness (QED) is 0.792. The van der Waals surface area contributed by atoms with E-state index >= 15 is 0 Å². The van der Waals surface area contributed by atoms with Gasteiger partial charge >= 0.3 is 0 Å². The lowest BCUT2D eigenvalue weighted by Gasteiger charge is -2.28. The Morgan fingerprint density at radius 2 is 1.96 bits per heavy atom. The maximum atomic E-state index is 12.6. The minimum atomic E-state index is -0.0560. The number of carbonyl (C=O) groups is 1. The molecule has 0 spiro atoms. The summed E-state index contributed by atoms with van der Waals surface area (Å²) in [6, 6.07) is 15.8. The first-order valence-corrected chi connectivity index (χ1v) is 9.39. The summed E-state index contributed by atoms with van der Waals surface area (Å²) in [4.78, 5) is 15.0. The van der Waals surface area contributed by atoms with E-state index < -0.39 is 0 Å². The molecule has 0 saturated carbocycles. The lowest BCUT2D eigenvalue weighted by atomic mass is 10.0. The molecule has 1 atom stereocenters. The summed E-state index contributed by atoms with van der Waals surface area (Å²) >= 11 is 3.45. The molecule has 1 heterocycles. The van der Waals surface area contributed by atoms with E-state index in [-0.39, 0.29) is 11.9 Å². The average Bonchev–Trinajstić information content (AvgIpc) is 3.16. The fourth-order valence-electron chi connectivity index (χ4n) is 3.29. The summed E-state index contributed by atoms with van der Waals surface area (Å²) < 4.78 is 6.18. The zero-order valence-corrected chi connectivity index (χ0v) is 16.0. The van der Waals surface area contributed by atoms with Gasteiger partial charge < -0.3 is 10.1 Å². The summed E-state index contributed by atoms with van der Waals surface area (Å²) in [5, 5.41) is 3.10. The zero-order chi connectivity index (χ0) is 17.6. The van der Waals surface area contributed by atoms with Crippen molar-refractivity contribution >= 4 is 21.8 Å². The fraction of sp³-hybridized carbons (Fsp3) is 0.350. The number of nitrogens with one attached hydrogen (secondary N) is 1. The van der Waals surface area contributed by atoms with Crippen molar-refractivity contribution in [2.24, 2.45) is 0 Å². The number of benzene rings is 2. The highest BCUT2D eigenvalue weighted by Crippen LogP contribution is 2.27. The van der Waals surface area contributed by atoms with Gasteiger partial charge in [-0.05, 0) is 71.7 Å². The molecular formula is C20H23BrN2O2. The smallest absolute Gasteiger partial charge is 0.252 e. The van der Waals surface area contributed by atoms with E-state index in [1.807, 2.05) is 36.4 Å². The van der Waals surface area contributed by atoms with Crippen LogP contribution in [0, 0.1) is 0 Å². The Bertz CT molecular complexity index is 729. The molecule has 2 aromatic carbocycles. The van der Waals surface area contributed by atoms with E-state index in [0.717, 1.165) is 23.3 Å². The van der Waals surface area contributed by atoms with Crippen molar-refractivity contribution in [3.63, 3.8) is 0 Å². The first kappa shape index (κ1) is 18.0. The number of nitrogens with zero attached hydrogens (tertiary/aromatic N) is 1. The van der Waals surface area contributed by atoms with Crippen LogP contribution in [-0.2, 0) is 0 Å². The first-order valence-electron chi connectivity index (χ1n) is 8.60. The SMILES string of the molecule is COc1cccc(C(CNC(=O)c2ccccc2Br)N2CCCC2)c1. The third kappa shape index (κ3) is 4.41. The van der Waals surface area contributed by atoms with E-state index in [2.05, 4.69) is 38.3 Å². The Kier molecular flexibility index (Phi) is 6.10. The molecule has 4 nitrogen and oxygen atoms in total. The maximum absolute atomic E-state index is 12.6. The second kappa shape index (κ2) is 8.50. The monoisotopic (exact) mass is 402 g/mol. The van der Waals surface area contributed by atoms with Crippen LogP contribution in [0.2, 0.25) is 0 Å². The van der Waals surface area contributed by atoms with Crippen molar-refractivity contribution in [3.8, 4) is 5.75 Å². The van der Waals surface area contributed by atoms with Gasteiger partial charge in [0.2, 0.25) is 0 Å². The van der Waals surface area contributed by atoms with Gasteiger partial charge in [0.25, 0.3) is 5.91 Å². The lowest BCUT2D eigenvalue weighted by molar-refractivity contribution is 0.0937. The molecule has 1 aliphatic rings. The van der Waals surface area contributed by atoms with Crippen LogP contribution in [0.4, 0.5) is 0 Å². The number of rotatable bonds is 6. The molecule has 1 amide bonds. The highest BCUT2D eigenvalue weighted by atomic mass is 79.9. The van der Waals surface area contributed by atoms with Gasteiger partial charge in [0.1, 0.15) is 5.75 Å². The maximum Gasteiger partial charge on any atom is 0.252 e. The van der Waals surface area contributed by atoms with Crippen LogP contribution >= 0.6 is 15.9 Å². The number of methoxy groups -OCH3 is 1. The lowest BCUT2D eigenvalue weighted by Crippen LogP contribution is -2.36. The van der Waals surface area contributed by atoms with Crippen molar-refractivity contribution in [2.75, 3.05) is 26.7 Å². The fourth-order valence-corrected chi connectivity index (χ4v) is 3.75. The highest BCUT2D eigenvalue weighted by molar-refractivity contribution is 9.10. The Hall–Kier alpha value is -1.85. The largest absolute Gasteiger partial charge is 0.497 e.